The number of halogens is 3. The van der Waals surface area contributed by atoms with Crippen LogP contribution in [0.3, 0.4) is 0 Å². The van der Waals surface area contributed by atoms with Crippen molar-refractivity contribution in [3.63, 3.8) is 0 Å². The summed E-state index contributed by atoms with van der Waals surface area (Å²) in [5.41, 5.74) is 6.62. The zero-order valence-electron chi connectivity index (χ0n) is 16.3. The molecule has 0 spiro atoms. The summed E-state index contributed by atoms with van der Waals surface area (Å²) < 4.78 is 70.5. The zero-order chi connectivity index (χ0) is 22.0. The molecule has 3 rings (SSSR count). The van der Waals surface area contributed by atoms with Crippen LogP contribution in [0, 0.1) is 6.92 Å². The van der Waals surface area contributed by atoms with E-state index >= 15 is 0 Å². The van der Waals surface area contributed by atoms with Crippen LogP contribution in [0.15, 0.2) is 72.5 Å². The number of aryl methyl sites for hydroxylation is 1. The lowest BCUT2D eigenvalue weighted by atomic mass is 10.1. The van der Waals surface area contributed by atoms with Crippen molar-refractivity contribution in [3.05, 3.63) is 78.0 Å². The molecule has 2 N–H and O–H groups in total. The molecular weight excluding hydrogens is 417 g/mol. The van der Waals surface area contributed by atoms with Crippen molar-refractivity contribution in [2.45, 2.75) is 13.1 Å². The minimum atomic E-state index is -4.88. The Morgan fingerprint density at radius 1 is 1.10 bits per heavy atom. The van der Waals surface area contributed by atoms with Crippen LogP contribution in [0.1, 0.15) is 5.56 Å². The molecular formula is C21H22F3N2O3S+. The van der Waals surface area contributed by atoms with E-state index < -0.39 is 25.8 Å². The van der Waals surface area contributed by atoms with E-state index in [9.17, 15) is 21.6 Å². The Balaban J connectivity index is 2.11. The Kier molecular flexibility index (Phi) is 6.07. The first-order valence-corrected chi connectivity index (χ1v) is 10.8. The summed E-state index contributed by atoms with van der Waals surface area (Å²) in [4.78, 5) is 0. The van der Waals surface area contributed by atoms with Gasteiger partial charge in [0.15, 0.2) is 11.4 Å². The third kappa shape index (κ3) is 4.28. The fourth-order valence-corrected chi connectivity index (χ4v) is 5.52. The van der Waals surface area contributed by atoms with Gasteiger partial charge in [0.05, 0.1) is 6.54 Å². The minimum Gasteiger partial charge on any atom is -0.457 e. The predicted molar refractivity (Wildman–Crippen MR) is 110 cm³/mol. The molecule has 2 aromatic carbocycles. The van der Waals surface area contributed by atoms with Crippen molar-refractivity contribution in [2.75, 3.05) is 18.8 Å². The van der Waals surface area contributed by atoms with Gasteiger partial charge in [-0.1, -0.05) is 24.3 Å². The van der Waals surface area contributed by atoms with E-state index in [-0.39, 0.29) is 24.5 Å². The van der Waals surface area contributed by atoms with Crippen LogP contribution in [0.5, 0.6) is 11.5 Å². The normalized spacial score (nSPS) is 19.4. The van der Waals surface area contributed by atoms with E-state index in [0.29, 0.717) is 17.1 Å². The van der Waals surface area contributed by atoms with E-state index in [1.807, 2.05) is 6.07 Å². The zero-order valence-corrected chi connectivity index (χ0v) is 17.1. The Morgan fingerprint density at radius 3 is 2.40 bits per heavy atom. The van der Waals surface area contributed by atoms with E-state index in [2.05, 4.69) is 0 Å². The number of rotatable bonds is 6. The molecule has 1 heterocycles. The highest BCUT2D eigenvalue weighted by Crippen LogP contribution is 2.41. The fraction of sp³-hybridized carbons (Fsp3) is 0.238. The maximum Gasteiger partial charge on any atom is 0.408 e. The number of allylic oxidation sites excluding steroid dienone is 2. The summed E-state index contributed by atoms with van der Waals surface area (Å²) in [5.74, 6) is -0.922. The van der Waals surface area contributed by atoms with Gasteiger partial charge in [-0.25, -0.2) is 0 Å². The van der Waals surface area contributed by atoms with Crippen molar-refractivity contribution < 1.29 is 26.3 Å². The smallest absolute Gasteiger partial charge is 0.408 e. The largest absolute Gasteiger partial charge is 0.457 e. The van der Waals surface area contributed by atoms with Crippen LogP contribution < -0.4 is 14.4 Å². The van der Waals surface area contributed by atoms with E-state index in [4.69, 9.17) is 10.5 Å². The highest BCUT2D eigenvalue weighted by atomic mass is 32.2. The molecule has 0 amide bonds. The van der Waals surface area contributed by atoms with Gasteiger partial charge in [-0.2, -0.15) is 25.5 Å². The molecule has 0 saturated heterocycles. The number of hydrogen-bond acceptors (Lipinski definition) is 4. The lowest BCUT2D eigenvalue weighted by Gasteiger charge is -2.38. The van der Waals surface area contributed by atoms with Crippen molar-refractivity contribution in [1.82, 2.24) is 3.89 Å². The number of nitrogens with zero attached hydrogens (tertiary/aromatic N) is 1. The topological polar surface area (TPSA) is 69.4 Å². The average molecular weight is 439 g/mol. The van der Waals surface area contributed by atoms with Gasteiger partial charge in [0.25, 0.3) is 0 Å². The second-order valence-corrected chi connectivity index (χ2v) is 8.99. The van der Waals surface area contributed by atoms with E-state index in [1.54, 1.807) is 49.4 Å². The molecule has 0 bridgehead atoms. The summed E-state index contributed by atoms with van der Waals surface area (Å²) >= 11 is 0. The Bertz CT molecular complexity index is 1080. The van der Waals surface area contributed by atoms with Crippen molar-refractivity contribution >= 4 is 15.7 Å². The first-order valence-electron chi connectivity index (χ1n) is 9.17. The van der Waals surface area contributed by atoms with E-state index in [0.717, 1.165) is 0 Å². The van der Waals surface area contributed by atoms with E-state index in [1.165, 1.54) is 18.2 Å². The van der Waals surface area contributed by atoms with Gasteiger partial charge >= 0.3 is 16.2 Å². The molecule has 1 aliphatic heterocycles. The van der Waals surface area contributed by atoms with Crippen LogP contribution >= 0.6 is 0 Å². The molecule has 160 valence electrons. The number of alkyl halides is 3. The molecule has 0 fully saturated rings. The number of hydrogen-bond donors (Lipinski definition) is 1. The second kappa shape index (κ2) is 8.25. The maximum atomic E-state index is 13.2. The van der Waals surface area contributed by atoms with Crippen LogP contribution in [-0.4, -0.2) is 33.4 Å². The number of benzene rings is 2. The lowest BCUT2D eigenvalue weighted by Crippen LogP contribution is -2.58. The van der Waals surface area contributed by atoms with Gasteiger partial charge in [0.2, 0.25) is 0 Å². The molecule has 1 atom stereocenters. The molecule has 0 aromatic heterocycles. The number of quaternary nitrogens is 1. The van der Waals surface area contributed by atoms with Crippen molar-refractivity contribution in [3.8, 4) is 11.5 Å². The molecule has 1 unspecified atom stereocenters. The highest BCUT2D eigenvalue weighted by molar-refractivity contribution is 7.91. The molecule has 30 heavy (non-hydrogen) atoms. The Hall–Kier alpha value is -2.62. The number of para-hydroxylation sites is 1. The third-order valence-electron chi connectivity index (χ3n) is 4.82. The quantitative estimate of drug-likeness (QED) is 0.678. The van der Waals surface area contributed by atoms with Crippen LogP contribution in [0.25, 0.3) is 0 Å². The Morgan fingerprint density at radius 2 is 1.80 bits per heavy atom. The van der Waals surface area contributed by atoms with Crippen molar-refractivity contribution in [2.24, 2.45) is 5.73 Å². The molecule has 0 radical (unpaired) electrons. The third-order valence-corrected chi connectivity index (χ3v) is 7.04. The van der Waals surface area contributed by atoms with Gasteiger partial charge in [-0.15, -0.1) is 0 Å². The summed E-state index contributed by atoms with van der Waals surface area (Å²) in [6.07, 6.45) is -0.286. The molecule has 0 aliphatic carbocycles. The predicted octanol–water partition coefficient (Wildman–Crippen LogP) is 4.40. The second-order valence-electron chi connectivity index (χ2n) is 6.92. The number of ether oxygens (including phenoxy) is 1. The average Bonchev–Trinajstić information content (AvgIpc) is 2.67. The molecule has 2 aromatic rings. The molecule has 1 aliphatic rings. The maximum absolute atomic E-state index is 13.2. The number of nitrogens with two attached hydrogens (primary N) is 1. The standard InChI is InChI=1S/C21H22F3N2O3S/c1-16-13-19(29-18-8-3-2-4-9-18)10-11-20(16)26(12-6-5-7-17(26)14-25)30(27,28)15-21(22,23)24/h2-11,13H,12,14-15,25H2,1H3/q+1. The number of sulfonamides is 1. The lowest BCUT2D eigenvalue weighted by molar-refractivity contribution is -0.106. The van der Waals surface area contributed by atoms with Crippen LogP contribution in [0.2, 0.25) is 0 Å². The van der Waals surface area contributed by atoms with Crippen LogP contribution in [-0.2, 0) is 10.0 Å². The summed E-state index contributed by atoms with van der Waals surface area (Å²) in [6, 6.07) is 13.6. The molecule has 5 nitrogen and oxygen atoms in total. The summed E-state index contributed by atoms with van der Waals surface area (Å²) in [6.45, 7) is 1.26. The SMILES string of the molecule is Cc1cc(Oc2ccccc2)ccc1[N+]1(S(=O)(=O)CC(F)(F)F)CC=CC=C1CN. The summed E-state index contributed by atoms with van der Waals surface area (Å²) in [5, 5.41) is 0. The summed E-state index contributed by atoms with van der Waals surface area (Å²) in [7, 11) is -4.74. The minimum absolute atomic E-state index is 0.168. The highest BCUT2D eigenvalue weighted by Gasteiger charge is 2.53. The van der Waals surface area contributed by atoms with Crippen molar-refractivity contribution in [1.29, 1.82) is 0 Å². The first kappa shape index (κ1) is 22.1. The van der Waals surface area contributed by atoms with Gasteiger partial charge < -0.3 is 10.5 Å². The Labute approximate surface area is 173 Å². The monoisotopic (exact) mass is 439 g/mol. The van der Waals surface area contributed by atoms with Gasteiger partial charge in [0.1, 0.15) is 23.7 Å². The fourth-order valence-electron chi connectivity index (χ4n) is 3.58. The van der Waals surface area contributed by atoms with Gasteiger partial charge in [0, 0.05) is 11.6 Å². The van der Waals surface area contributed by atoms with Gasteiger partial charge in [-0.3, -0.25) is 0 Å². The van der Waals surface area contributed by atoms with Gasteiger partial charge in [-0.05, 0) is 43.3 Å². The molecule has 0 saturated carbocycles. The first-order chi connectivity index (χ1) is 14.1. The molecule has 9 heteroatoms. The van der Waals surface area contributed by atoms with Crippen LogP contribution in [0.4, 0.5) is 18.9 Å².